The molecule has 0 radical (unpaired) electrons. The first-order valence-corrected chi connectivity index (χ1v) is 6.85. The van der Waals surface area contributed by atoms with E-state index in [9.17, 15) is 4.79 Å². The summed E-state index contributed by atoms with van der Waals surface area (Å²) in [5.74, 6) is 6.21. The van der Waals surface area contributed by atoms with Gasteiger partial charge in [-0.2, -0.15) is 11.8 Å². The number of carbonyl (C=O) groups excluding carboxylic acids is 1. The van der Waals surface area contributed by atoms with E-state index in [2.05, 4.69) is 10.7 Å². The van der Waals surface area contributed by atoms with Crippen molar-refractivity contribution < 1.29 is 4.79 Å². The molecule has 1 amide bonds. The molecule has 0 fully saturated rings. The van der Waals surface area contributed by atoms with Crippen molar-refractivity contribution in [1.29, 1.82) is 0 Å². The van der Waals surface area contributed by atoms with Crippen LogP contribution in [0.3, 0.4) is 0 Å². The molecule has 0 aliphatic rings. The predicted octanol–water partition coefficient (Wildman–Crippen LogP) is 1.76. The van der Waals surface area contributed by atoms with E-state index < -0.39 is 0 Å². The van der Waals surface area contributed by atoms with Gasteiger partial charge in [-0.1, -0.05) is 0 Å². The second-order valence-electron chi connectivity index (χ2n) is 4.00. The van der Waals surface area contributed by atoms with E-state index in [1.54, 1.807) is 17.8 Å². The number of nitrogens with one attached hydrogen (secondary N) is 2. The highest BCUT2D eigenvalue weighted by molar-refractivity contribution is 7.98. The van der Waals surface area contributed by atoms with Gasteiger partial charge in [0.2, 0.25) is 0 Å². The van der Waals surface area contributed by atoms with Crippen molar-refractivity contribution in [2.75, 3.05) is 17.4 Å². The quantitative estimate of drug-likeness (QED) is 0.552. The zero-order chi connectivity index (χ0) is 12.8. The number of rotatable bonds is 5. The van der Waals surface area contributed by atoms with E-state index in [1.807, 2.05) is 32.2 Å². The summed E-state index contributed by atoms with van der Waals surface area (Å²) in [4.78, 5) is 11.9. The molecule has 5 heteroatoms. The molecule has 0 spiro atoms. The standard InChI is InChI=1S/C12H19N3OS/c1-8-6-10(4-5-11(8)15-13)12(16)14-9(2)7-17-3/h4-6,9,15H,7,13H2,1-3H3,(H,14,16). The van der Waals surface area contributed by atoms with Gasteiger partial charge in [-0.05, 0) is 43.9 Å². The van der Waals surface area contributed by atoms with Crippen LogP contribution in [0.25, 0.3) is 0 Å². The van der Waals surface area contributed by atoms with Crippen LogP contribution in [0.2, 0.25) is 0 Å². The molecule has 17 heavy (non-hydrogen) atoms. The number of hydrogen-bond acceptors (Lipinski definition) is 4. The predicted molar refractivity (Wildman–Crippen MR) is 74.3 cm³/mol. The lowest BCUT2D eigenvalue weighted by molar-refractivity contribution is 0.0943. The SMILES string of the molecule is CSCC(C)NC(=O)c1ccc(NN)c(C)c1. The molecule has 4 nitrogen and oxygen atoms in total. The Bertz CT molecular complexity index is 395. The van der Waals surface area contributed by atoms with Gasteiger partial charge in [-0.25, -0.2) is 0 Å². The van der Waals surface area contributed by atoms with Gasteiger partial charge in [0.15, 0.2) is 0 Å². The third-order valence-electron chi connectivity index (χ3n) is 2.44. The molecule has 1 unspecified atom stereocenters. The monoisotopic (exact) mass is 253 g/mol. The minimum atomic E-state index is -0.0433. The van der Waals surface area contributed by atoms with Gasteiger partial charge in [0.25, 0.3) is 5.91 Å². The third-order valence-corrected chi connectivity index (χ3v) is 3.27. The Morgan fingerprint density at radius 1 is 1.53 bits per heavy atom. The number of thioether (sulfide) groups is 1. The highest BCUT2D eigenvalue weighted by Gasteiger charge is 2.10. The van der Waals surface area contributed by atoms with Crippen molar-refractivity contribution in [3.63, 3.8) is 0 Å². The number of hydrogen-bond donors (Lipinski definition) is 3. The van der Waals surface area contributed by atoms with Gasteiger partial charge < -0.3 is 10.7 Å². The Morgan fingerprint density at radius 2 is 2.24 bits per heavy atom. The number of benzene rings is 1. The Morgan fingerprint density at radius 3 is 2.76 bits per heavy atom. The summed E-state index contributed by atoms with van der Waals surface area (Å²) in [6, 6.07) is 5.58. The fourth-order valence-electron chi connectivity index (χ4n) is 1.57. The molecule has 0 aliphatic heterocycles. The van der Waals surface area contributed by atoms with Crippen LogP contribution in [0, 0.1) is 6.92 Å². The fraction of sp³-hybridized carbons (Fsp3) is 0.417. The minimum Gasteiger partial charge on any atom is -0.349 e. The molecular weight excluding hydrogens is 234 g/mol. The van der Waals surface area contributed by atoms with E-state index in [0.717, 1.165) is 17.0 Å². The first kappa shape index (κ1) is 13.9. The average molecular weight is 253 g/mol. The Balaban J connectivity index is 2.72. The lowest BCUT2D eigenvalue weighted by Gasteiger charge is -2.13. The van der Waals surface area contributed by atoms with Crippen molar-refractivity contribution in [2.45, 2.75) is 19.9 Å². The number of nitrogen functional groups attached to an aromatic ring is 1. The summed E-state index contributed by atoms with van der Waals surface area (Å²) in [6.07, 6.45) is 2.02. The Kier molecular flexibility index (Phi) is 5.31. The number of carbonyl (C=O) groups is 1. The molecule has 0 saturated heterocycles. The molecule has 0 aliphatic carbocycles. The average Bonchev–Trinajstić information content (AvgIpc) is 2.29. The molecule has 0 heterocycles. The van der Waals surface area contributed by atoms with Gasteiger partial charge >= 0.3 is 0 Å². The van der Waals surface area contributed by atoms with Crippen LogP contribution in [0.1, 0.15) is 22.8 Å². The Labute approximate surface area is 106 Å². The van der Waals surface area contributed by atoms with Crippen LogP contribution in [-0.2, 0) is 0 Å². The topological polar surface area (TPSA) is 67.2 Å². The molecule has 94 valence electrons. The molecule has 1 atom stereocenters. The van der Waals surface area contributed by atoms with Crippen LogP contribution in [0.5, 0.6) is 0 Å². The van der Waals surface area contributed by atoms with Gasteiger partial charge in [0, 0.05) is 17.4 Å². The summed E-state index contributed by atoms with van der Waals surface area (Å²) < 4.78 is 0. The van der Waals surface area contributed by atoms with Crippen molar-refractivity contribution in [1.82, 2.24) is 5.32 Å². The summed E-state index contributed by atoms with van der Waals surface area (Å²) in [5, 5.41) is 2.95. The molecule has 0 aromatic heterocycles. The number of amides is 1. The second-order valence-corrected chi connectivity index (χ2v) is 4.91. The first-order valence-electron chi connectivity index (χ1n) is 5.45. The molecule has 0 saturated carbocycles. The number of aryl methyl sites for hydroxylation is 1. The number of nitrogens with two attached hydrogens (primary N) is 1. The summed E-state index contributed by atoms with van der Waals surface area (Å²) in [6.45, 7) is 3.91. The molecule has 1 rings (SSSR count). The van der Waals surface area contributed by atoms with E-state index in [4.69, 9.17) is 5.84 Å². The van der Waals surface area contributed by atoms with Crippen LogP contribution in [-0.4, -0.2) is 24.0 Å². The van der Waals surface area contributed by atoms with E-state index >= 15 is 0 Å². The zero-order valence-electron chi connectivity index (χ0n) is 10.4. The van der Waals surface area contributed by atoms with Gasteiger partial charge in [0.1, 0.15) is 0 Å². The van der Waals surface area contributed by atoms with E-state index in [1.165, 1.54) is 0 Å². The lowest BCUT2D eigenvalue weighted by atomic mass is 10.1. The maximum atomic E-state index is 11.9. The first-order chi connectivity index (χ1) is 8.08. The minimum absolute atomic E-state index is 0.0433. The van der Waals surface area contributed by atoms with Gasteiger partial charge in [0.05, 0.1) is 5.69 Å². The van der Waals surface area contributed by atoms with Crippen LogP contribution in [0.15, 0.2) is 18.2 Å². The highest BCUT2D eigenvalue weighted by atomic mass is 32.2. The summed E-state index contributed by atoms with van der Waals surface area (Å²) in [5.41, 5.74) is 5.04. The molecule has 1 aromatic carbocycles. The van der Waals surface area contributed by atoms with Gasteiger partial charge in [-0.3, -0.25) is 10.6 Å². The molecule has 4 N–H and O–H groups in total. The summed E-state index contributed by atoms with van der Waals surface area (Å²) >= 11 is 1.71. The van der Waals surface area contributed by atoms with Crippen LogP contribution < -0.4 is 16.6 Å². The van der Waals surface area contributed by atoms with Crippen molar-refractivity contribution in [2.24, 2.45) is 5.84 Å². The van der Waals surface area contributed by atoms with Crippen molar-refractivity contribution in [3.8, 4) is 0 Å². The van der Waals surface area contributed by atoms with E-state index in [0.29, 0.717) is 5.56 Å². The normalized spacial score (nSPS) is 12.0. The maximum absolute atomic E-state index is 11.9. The lowest BCUT2D eigenvalue weighted by Crippen LogP contribution is -2.34. The highest BCUT2D eigenvalue weighted by Crippen LogP contribution is 2.15. The Hall–Kier alpha value is -1.20. The smallest absolute Gasteiger partial charge is 0.251 e. The van der Waals surface area contributed by atoms with Crippen LogP contribution in [0.4, 0.5) is 5.69 Å². The van der Waals surface area contributed by atoms with Crippen LogP contribution >= 0.6 is 11.8 Å². The van der Waals surface area contributed by atoms with E-state index in [-0.39, 0.29) is 11.9 Å². The fourth-order valence-corrected chi connectivity index (χ4v) is 2.15. The number of anilines is 1. The largest absolute Gasteiger partial charge is 0.349 e. The van der Waals surface area contributed by atoms with Crippen molar-refractivity contribution >= 4 is 23.4 Å². The zero-order valence-corrected chi connectivity index (χ0v) is 11.2. The summed E-state index contributed by atoms with van der Waals surface area (Å²) in [7, 11) is 0. The maximum Gasteiger partial charge on any atom is 0.251 e. The van der Waals surface area contributed by atoms with Gasteiger partial charge in [-0.15, -0.1) is 0 Å². The van der Waals surface area contributed by atoms with Crippen molar-refractivity contribution in [3.05, 3.63) is 29.3 Å². The molecule has 0 bridgehead atoms. The second kappa shape index (κ2) is 6.51. The number of hydrazine groups is 1. The molecular formula is C12H19N3OS. The molecule has 1 aromatic rings. The third kappa shape index (κ3) is 3.94.